The molecule has 1 atom stereocenters. The first-order valence-corrected chi connectivity index (χ1v) is 6.08. The standard InChI is InChI=1S/C12H20N4O/c1-15(2)5-4-12(17)14-10-3-6-16-9-13-8-11(16)7-10/h8-10H,3-7H2,1-2H3,(H,14,17). The Morgan fingerprint density at radius 2 is 2.47 bits per heavy atom. The van der Waals surface area contributed by atoms with Crippen LogP contribution in [0.2, 0.25) is 0 Å². The quantitative estimate of drug-likeness (QED) is 0.816. The molecule has 1 aromatic rings. The summed E-state index contributed by atoms with van der Waals surface area (Å²) in [7, 11) is 3.96. The van der Waals surface area contributed by atoms with Crippen molar-refractivity contribution in [2.45, 2.75) is 31.8 Å². The molecule has 1 aromatic heterocycles. The van der Waals surface area contributed by atoms with Crippen LogP contribution in [0.15, 0.2) is 12.5 Å². The van der Waals surface area contributed by atoms with Crippen LogP contribution in [0.5, 0.6) is 0 Å². The van der Waals surface area contributed by atoms with Gasteiger partial charge in [0.2, 0.25) is 5.91 Å². The van der Waals surface area contributed by atoms with E-state index in [9.17, 15) is 4.79 Å². The van der Waals surface area contributed by atoms with Crippen molar-refractivity contribution in [2.24, 2.45) is 0 Å². The van der Waals surface area contributed by atoms with Crippen molar-refractivity contribution in [2.75, 3.05) is 20.6 Å². The molecule has 1 unspecified atom stereocenters. The Morgan fingerprint density at radius 1 is 1.65 bits per heavy atom. The summed E-state index contributed by atoms with van der Waals surface area (Å²) in [6.45, 7) is 1.75. The number of hydrogen-bond donors (Lipinski definition) is 1. The normalized spacial score (nSPS) is 19.1. The van der Waals surface area contributed by atoms with E-state index in [1.165, 1.54) is 5.69 Å². The molecule has 2 heterocycles. The third-order valence-electron chi connectivity index (χ3n) is 3.12. The van der Waals surface area contributed by atoms with Crippen LogP contribution in [-0.2, 0) is 17.8 Å². The summed E-state index contributed by atoms with van der Waals surface area (Å²) in [5.74, 6) is 0.150. The lowest BCUT2D eigenvalue weighted by Gasteiger charge is -2.24. The summed E-state index contributed by atoms with van der Waals surface area (Å²) in [4.78, 5) is 17.8. The highest BCUT2D eigenvalue weighted by Gasteiger charge is 2.19. The fourth-order valence-electron chi connectivity index (χ4n) is 2.12. The predicted molar refractivity (Wildman–Crippen MR) is 65.6 cm³/mol. The summed E-state index contributed by atoms with van der Waals surface area (Å²) >= 11 is 0. The average molecular weight is 236 g/mol. The van der Waals surface area contributed by atoms with E-state index in [0.717, 1.165) is 25.9 Å². The Hall–Kier alpha value is -1.36. The Labute approximate surface area is 102 Å². The van der Waals surface area contributed by atoms with E-state index >= 15 is 0 Å². The number of nitrogens with one attached hydrogen (secondary N) is 1. The summed E-state index contributed by atoms with van der Waals surface area (Å²) in [5.41, 5.74) is 1.22. The van der Waals surface area contributed by atoms with E-state index in [1.54, 1.807) is 0 Å². The highest BCUT2D eigenvalue weighted by molar-refractivity contribution is 5.76. The van der Waals surface area contributed by atoms with Gasteiger partial charge in [0.05, 0.1) is 6.33 Å². The second-order valence-electron chi connectivity index (χ2n) is 4.89. The smallest absolute Gasteiger partial charge is 0.221 e. The molecule has 1 N–H and O–H groups in total. The van der Waals surface area contributed by atoms with Gasteiger partial charge in [0, 0.05) is 43.9 Å². The number of carbonyl (C=O) groups excluding carboxylic acids is 1. The van der Waals surface area contributed by atoms with E-state index < -0.39 is 0 Å². The Balaban J connectivity index is 1.79. The van der Waals surface area contributed by atoms with E-state index in [4.69, 9.17) is 0 Å². The van der Waals surface area contributed by atoms with Gasteiger partial charge in [-0.25, -0.2) is 4.98 Å². The van der Waals surface area contributed by atoms with Crippen molar-refractivity contribution in [1.82, 2.24) is 19.8 Å². The summed E-state index contributed by atoms with van der Waals surface area (Å²) in [6.07, 6.45) is 6.21. The number of nitrogens with zero attached hydrogens (tertiary/aromatic N) is 3. The maximum Gasteiger partial charge on any atom is 0.221 e. The van der Waals surface area contributed by atoms with Gasteiger partial charge >= 0.3 is 0 Å². The van der Waals surface area contributed by atoms with Crippen molar-refractivity contribution in [3.63, 3.8) is 0 Å². The molecular weight excluding hydrogens is 216 g/mol. The predicted octanol–water partition coefficient (Wildman–Crippen LogP) is 0.266. The van der Waals surface area contributed by atoms with Gasteiger partial charge in [-0.3, -0.25) is 4.79 Å². The second-order valence-corrected chi connectivity index (χ2v) is 4.89. The minimum absolute atomic E-state index is 0.150. The molecule has 0 aliphatic carbocycles. The fourth-order valence-corrected chi connectivity index (χ4v) is 2.12. The zero-order valence-electron chi connectivity index (χ0n) is 10.5. The first kappa shape index (κ1) is 12.1. The SMILES string of the molecule is CN(C)CCC(=O)NC1CCn2cncc2C1. The Kier molecular flexibility index (Phi) is 3.78. The summed E-state index contributed by atoms with van der Waals surface area (Å²) in [6, 6.07) is 0.272. The molecule has 5 nitrogen and oxygen atoms in total. The molecule has 17 heavy (non-hydrogen) atoms. The third kappa shape index (κ3) is 3.30. The fraction of sp³-hybridized carbons (Fsp3) is 0.667. The lowest BCUT2D eigenvalue weighted by atomic mass is 10.0. The molecule has 0 fully saturated rings. The van der Waals surface area contributed by atoms with Crippen LogP contribution in [0.3, 0.4) is 0 Å². The summed E-state index contributed by atoms with van der Waals surface area (Å²) < 4.78 is 2.16. The number of amides is 1. The van der Waals surface area contributed by atoms with Crippen molar-refractivity contribution < 1.29 is 4.79 Å². The molecule has 0 bridgehead atoms. The van der Waals surface area contributed by atoms with E-state index in [1.807, 2.05) is 31.5 Å². The van der Waals surface area contributed by atoms with Gasteiger partial charge in [-0.05, 0) is 20.5 Å². The van der Waals surface area contributed by atoms with Crippen molar-refractivity contribution >= 4 is 5.91 Å². The van der Waals surface area contributed by atoms with Crippen LogP contribution in [0, 0.1) is 0 Å². The molecule has 2 rings (SSSR count). The number of hydrogen-bond acceptors (Lipinski definition) is 3. The third-order valence-corrected chi connectivity index (χ3v) is 3.12. The maximum absolute atomic E-state index is 11.7. The Bertz CT molecular complexity index is 386. The van der Waals surface area contributed by atoms with Crippen LogP contribution in [-0.4, -0.2) is 47.0 Å². The molecule has 1 aliphatic heterocycles. The molecule has 0 saturated carbocycles. The molecule has 0 saturated heterocycles. The molecule has 1 amide bonds. The van der Waals surface area contributed by atoms with Crippen LogP contribution in [0.25, 0.3) is 0 Å². The topological polar surface area (TPSA) is 50.2 Å². The van der Waals surface area contributed by atoms with Gasteiger partial charge in [0.1, 0.15) is 0 Å². The Morgan fingerprint density at radius 3 is 3.24 bits per heavy atom. The molecular formula is C12H20N4O. The van der Waals surface area contributed by atoms with Gasteiger partial charge in [0.25, 0.3) is 0 Å². The molecule has 94 valence electrons. The maximum atomic E-state index is 11.7. The van der Waals surface area contributed by atoms with Crippen LogP contribution in [0.4, 0.5) is 0 Å². The molecule has 0 aromatic carbocycles. The minimum Gasteiger partial charge on any atom is -0.353 e. The number of imidazole rings is 1. The molecule has 0 spiro atoms. The minimum atomic E-state index is 0.150. The number of fused-ring (bicyclic) bond motifs is 1. The number of aromatic nitrogens is 2. The van der Waals surface area contributed by atoms with Gasteiger partial charge in [0.15, 0.2) is 0 Å². The van der Waals surface area contributed by atoms with Crippen LogP contribution in [0.1, 0.15) is 18.5 Å². The van der Waals surface area contributed by atoms with Gasteiger partial charge < -0.3 is 14.8 Å². The second kappa shape index (κ2) is 5.31. The molecule has 5 heteroatoms. The first-order chi connectivity index (χ1) is 8.15. The number of aryl methyl sites for hydroxylation is 1. The first-order valence-electron chi connectivity index (χ1n) is 6.08. The average Bonchev–Trinajstić information content (AvgIpc) is 2.73. The lowest BCUT2D eigenvalue weighted by Crippen LogP contribution is -2.40. The number of carbonyl (C=O) groups is 1. The highest BCUT2D eigenvalue weighted by Crippen LogP contribution is 2.14. The lowest BCUT2D eigenvalue weighted by molar-refractivity contribution is -0.122. The molecule has 1 aliphatic rings. The van der Waals surface area contributed by atoms with E-state index in [-0.39, 0.29) is 11.9 Å². The van der Waals surface area contributed by atoms with Crippen LogP contribution < -0.4 is 5.32 Å². The monoisotopic (exact) mass is 236 g/mol. The zero-order valence-corrected chi connectivity index (χ0v) is 10.5. The van der Waals surface area contributed by atoms with Crippen molar-refractivity contribution in [1.29, 1.82) is 0 Å². The van der Waals surface area contributed by atoms with Crippen molar-refractivity contribution in [3.8, 4) is 0 Å². The van der Waals surface area contributed by atoms with E-state index in [2.05, 4.69) is 14.9 Å². The zero-order chi connectivity index (χ0) is 12.3. The largest absolute Gasteiger partial charge is 0.353 e. The summed E-state index contributed by atoms with van der Waals surface area (Å²) in [5, 5.41) is 3.10. The van der Waals surface area contributed by atoms with Gasteiger partial charge in [-0.2, -0.15) is 0 Å². The van der Waals surface area contributed by atoms with Crippen molar-refractivity contribution in [3.05, 3.63) is 18.2 Å². The van der Waals surface area contributed by atoms with Gasteiger partial charge in [-0.1, -0.05) is 0 Å². The van der Waals surface area contributed by atoms with E-state index in [0.29, 0.717) is 6.42 Å². The highest BCUT2D eigenvalue weighted by atomic mass is 16.1. The molecule has 0 radical (unpaired) electrons. The number of rotatable bonds is 4. The van der Waals surface area contributed by atoms with Crippen LogP contribution >= 0.6 is 0 Å². The van der Waals surface area contributed by atoms with Gasteiger partial charge in [-0.15, -0.1) is 0 Å².